The van der Waals surface area contributed by atoms with Gasteiger partial charge in [0.15, 0.2) is 0 Å². The largest absolute Gasteiger partial charge is 0.376 e. The van der Waals surface area contributed by atoms with Crippen LogP contribution in [-0.4, -0.2) is 42.6 Å². The van der Waals surface area contributed by atoms with E-state index in [1.807, 2.05) is 0 Å². The van der Waals surface area contributed by atoms with Gasteiger partial charge in [-0.3, -0.25) is 9.69 Å². The predicted molar refractivity (Wildman–Crippen MR) is 113 cm³/mol. The third-order valence-electron chi connectivity index (χ3n) is 5.38. The molecule has 1 unspecified atom stereocenters. The van der Waals surface area contributed by atoms with Crippen LogP contribution in [0.25, 0.3) is 0 Å². The molecule has 2 fully saturated rings. The maximum absolute atomic E-state index is 12.2. The van der Waals surface area contributed by atoms with Gasteiger partial charge in [-0.15, -0.1) is 24.8 Å². The van der Waals surface area contributed by atoms with Crippen LogP contribution in [0.2, 0.25) is 0 Å². The zero-order chi connectivity index (χ0) is 17.6. The summed E-state index contributed by atoms with van der Waals surface area (Å²) in [5.74, 6) is 0.476. The molecule has 154 valence electrons. The third-order valence-corrected chi connectivity index (χ3v) is 5.38. The van der Waals surface area contributed by atoms with Crippen LogP contribution in [0.15, 0.2) is 24.3 Å². The molecule has 1 aliphatic heterocycles. The van der Waals surface area contributed by atoms with E-state index in [-0.39, 0.29) is 36.8 Å². The van der Waals surface area contributed by atoms with E-state index in [0.717, 1.165) is 51.1 Å². The Morgan fingerprint density at radius 2 is 2.07 bits per heavy atom. The Morgan fingerprint density at radius 3 is 2.78 bits per heavy atom. The van der Waals surface area contributed by atoms with E-state index in [9.17, 15) is 4.79 Å². The summed E-state index contributed by atoms with van der Waals surface area (Å²) < 4.78 is 5.60. The lowest BCUT2D eigenvalue weighted by Crippen LogP contribution is -2.40. The van der Waals surface area contributed by atoms with Crippen molar-refractivity contribution in [2.75, 3.05) is 19.7 Å². The highest BCUT2D eigenvalue weighted by Gasteiger charge is 2.25. The van der Waals surface area contributed by atoms with Gasteiger partial charge in [0.25, 0.3) is 0 Å². The third kappa shape index (κ3) is 7.59. The molecular formula is C20H33Cl2N3O2. The molecule has 1 saturated heterocycles. The average molecular weight is 418 g/mol. The first-order valence-electron chi connectivity index (χ1n) is 9.54. The number of carbonyl (C=O) groups is 1. The van der Waals surface area contributed by atoms with Crippen molar-refractivity contribution < 1.29 is 9.53 Å². The lowest BCUT2D eigenvalue weighted by molar-refractivity contribution is -0.122. The Kier molecular flexibility index (Phi) is 10.6. The molecule has 3 atom stereocenters. The second kappa shape index (κ2) is 11.9. The molecule has 7 heteroatoms. The second-order valence-electron chi connectivity index (χ2n) is 7.57. The molecule has 3 N–H and O–H groups in total. The fraction of sp³-hybridized carbons (Fsp3) is 0.650. The summed E-state index contributed by atoms with van der Waals surface area (Å²) in [5, 5.41) is 3.06. The van der Waals surface area contributed by atoms with Crippen molar-refractivity contribution in [2.24, 2.45) is 11.7 Å². The molecule has 0 bridgehead atoms. The summed E-state index contributed by atoms with van der Waals surface area (Å²) in [6, 6.07) is 8.70. The molecule has 2 aliphatic rings. The van der Waals surface area contributed by atoms with Gasteiger partial charge in [0.1, 0.15) is 0 Å². The topological polar surface area (TPSA) is 67.6 Å². The van der Waals surface area contributed by atoms with Crippen molar-refractivity contribution in [3.63, 3.8) is 0 Å². The molecule has 1 aromatic rings. The van der Waals surface area contributed by atoms with Crippen molar-refractivity contribution in [1.82, 2.24) is 10.2 Å². The van der Waals surface area contributed by atoms with Crippen molar-refractivity contribution in [3.05, 3.63) is 35.4 Å². The maximum Gasteiger partial charge on any atom is 0.220 e. The van der Waals surface area contributed by atoms with E-state index in [4.69, 9.17) is 10.5 Å². The Labute approximate surface area is 175 Å². The number of hydrogen-bond donors (Lipinski definition) is 2. The summed E-state index contributed by atoms with van der Waals surface area (Å²) in [7, 11) is 0. The fourth-order valence-electron chi connectivity index (χ4n) is 3.96. The van der Waals surface area contributed by atoms with Crippen molar-refractivity contribution in [2.45, 2.75) is 57.8 Å². The monoisotopic (exact) mass is 417 g/mol. The van der Waals surface area contributed by atoms with Crippen LogP contribution < -0.4 is 11.1 Å². The first kappa shape index (κ1) is 24.2. The summed E-state index contributed by atoms with van der Waals surface area (Å²) in [4.78, 5) is 14.6. The molecule has 3 rings (SSSR count). The zero-order valence-corrected chi connectivity index (χ0v) is 17.7. The van der Waals surface area contributed by atoms with Crippen molar-refractivity contribution in [3.8, 4) is 0 Å². The van der Waals surface area contributed by atoms with E-state index in [1.54, 1.807) is 0 Å². The fourth-order valence-corrected chi connectivity index (χ4v) is 3.96. The minimum absolute atomic E-state index is 0. The highest BCUT2D eigenvalue weighted by Crippen LogP contribution is 2.26. The first-order valence-corrected chi connectivity index (χ1v) is 9.54. The van der Waals surface area contributed by atoms with Gasteiger partial charge in [-0.1, -0.05) is 30.7 Å². The van der Waals surface area contributed by atoms with E-state index in [0.29, 0.717) is 25.0 Å². The number of ether oxygens (including phenoxy) is 1. The average Bonchev–Trinajstić information content (AvgIpc) is 2.98. The van der Waals surface area contributed by atoms with Gasteiger partial charge in [0.05, 0.1) is 12.7 Å². The smallest absolute Gasteiger partial charge is 0.220 e. The van der Waals surface area contributed by atoms with Gasteiger partial charge in [0.2, 0.25) is 5.91 Å². The summed E-state index contributed by atoms with van der Waals surface area (Å²) in [6.45, 7) is 6.41. The van der Waals surface area contributed by atoms with Crippen molar-refractivity contribution >= 4 is 30.7 Å². The van der Waals surface area contributed by atoms with Crippen molar-refractivity contribution in [1.29, 1.82) is 0 Å². The van der Waals surface area contributed by atoms with Gasteiger partial charge < -0.3 is 15.8 Å². The summed E-state index contributed by atoms with van der Waals surface area (Å²) >= 11 is 0. The van der Waals surface area contributed by atoms with Crippen LogP contribution >= 0.6 is 24.8 Å². The van der Waals surface area contributed by atoms with Crippen LogP contribution in [0.5, 0.6) is 0 Å². The van der Waals surface area contributed by atoms with Gasteiger partial charge in [0, 0.05) is 38.6 Å². The van der Waals surface area contributed by atoms with Crippen LogP contribution in [-0.2, 0) is 22.6 Å². The SMILES string of the molecule is CC1CN(Cc2cccc(CNC(=O)C[C@@H]3CCC[C@H]3N)c2)CCO1.Cl.Cl. The molecule has 1 aliphatic carbocycles. The minimum Gasteiger partial charge on any atom is -0.376 e. The van der Waals surface area contributed by atoms with Crippen LogP contribution in [0.1, 0.15) is 43.7 Å². The van der Waals surface area contributed by atoms with Gasteiger partial charge in [-0.25, -0.2) is 0 Å². The Morgan fingerprint density at radius 1 is 1.30 bits per heavy atom. The molecule has 0 spiro atoms. The van der Waals surface area contributed by atoms with E-state index >= 15 is 0 Å². The Bertz CT molecular complexity index is 588. The second-order valence-corrected chi connectivity index (χ2v) is 7.57. The number of nitrogens with zero attached hydrogens (tertiary/aromatic N) is 1. The summed E-state index contributed by atoms with van der Waals surface area (Å²) in [6.07, 6.45) is 4.16. The number of benzene rings is 1. The molecule has 5 nitrogen and oxygen atoms in total. The Balaban J connectivity index is 0.00000182. The zero-order valence-electron chi connectivity index (χ0n) is 16.1. The van der Waals surface area contributed by atoms with Crippen LogP contribution in [0.3, 0.4) is 0 Å². The highest BCUT2D eigenvalue weighted by molar-refractivity contribution is 5.85. The van der Waals surface area contributed by atoms with Crippen LogP contribution in [0, 0.1) is 5.92 Å². The standard InChI is InChI=1S/C20H31N3O2.2ClH/c1-15-13-23(8-9-25-15)14-17-5-2-4-16(10-17)12-22-20(24)11-18-6-3-7-19(18)21;;/h2,4-5,10,15,18-19H,3,6-9,11-14,21H2,1H3,(H,22,24);2*1H/t15?,18-,19+;;/m0../s1. The highest BCUT2D eigenvalue weighted by atomic mass is 35.5. The maximum atomic E-state index is 12.2. The molecule has 1 aromatic carbocycles. The number of halogens is 2. The number of hydrogen-bond acceptors (Lipinski definition) is 4. The minimum atomic E-state index is 0. The molecular weight excluding hydrogens is 385 g/mol. The molecule has 1 amide bonds. The number of morpholine rings is 1. The number of nitrogens with one attached hydrogen (secondary N) is 1. The molecule has 27 heavy (non-hydrogen) atoms. The molecule has 1 heterocycles. The van der Waals surface area contributed by atoms with Gasteiger partial charge in [-0.05, 0) is 36.8 Å². The quantitative estimate of drug-likeness (QED) is 0.746. The number of nitrogens with two attached hydrogens (primary N) is 1. The lowest BCUT2D eigenvalue weighted by atomic mass is 10.00. The number of amides is 1. The number of carbonyl (C=O) groups excluding carboxylic acids is 1. The normalized spacial score (nSPS) is 25.3. The Hall–Kier alpha value is -0.850. The van der Waals surface area contributed by atoms with E-state index < -0.39 is 0 Å². The van der Waals surface area contributed by atoms with Crippen LogP contribution in [0.4, 0.5) is 0 Å². The lowest BCUT2D eigenvalue weighted by Gasteiger charge is -2.31. The molecule has 0 radical (unpaired) electrons. The van der Waals surface area contributed by atoms with Gasteiger partial charge >= 0.3 is 0 Å². The summed E-state index contributed by atoms with van der Waals surface area (Å²) in [5.41, 5.74) is 8.51. The molecule has 1 saturated carbocycles. The number of rotatable bonds is 6. The predicted octanol–water partition coefficient (Wildman–Crippen LogP) is 2.88. The molecule has 0 aromatic heterocycles. The van der Waals surface area contributed by atoms with E-state index in [2.05, 4.69) is 41.4 Å². The van der Waals surface area contributed by atoms with Gasteiger partial charge in [-0.2, -0.15) is 0 Å². The van der Waals surface area contributed by atoms with E-state index in [1.165, 1.54) is 5.56 Å². The first-order chi connectivity index (χ1) is 12.1.